The number of sulfone groups is 1. The lowest BCUT2D eigenvalue weighted by Crippen LogP contribution is -2.49. The topological polar surface area (TPSA) is 57.7 Å². The Labute approximate surface area is 155 Å². The normalized spacial score (nSPS) is 15.1. The van der Waals surface area contributed by atoms with Gasteiger partial charge in [0.15, 0.2) is 9.84 Å². The highest BCUT2D eigenvalue weighted by atomic mass is 32.2. The van der Waals surface area contributed by atoms with E-state index in [9.17, 15) is 13.2 Å². The highest BCUT2D eigenvalue weighted by molar-refractivity contribution is 7.91. The van der Waals surface area contributed by atoms with Crippen LogP contribution in [0.15, 0.2) is 59.5 Å². The van der Waals surface area contributed by atoms with Gasteiger partial charge in [-0.15, -0.1) is 0 Å². The number of piperazine rings is 1. The van der Waals surface area contributed by atoms with E-state index in [-0.39, 0.29) is 23.0 Å². The van der Waals surface area contributed by atoms with Crippen molar-refractivity contribution in [2.75, 3.05) is 36.8 Å². The zero-order chi connectivity index (χ0) is 18.6. The number of amides is 1. The third-order valence-corrected chi connectivity index (χ3v) is 6.45. The second-order valence-corrected chi connectivity index (χ2v) is 8.69. The summed E-state index contributed by atoms with van der Waals surface area (Å²) in [6, 6.07) is 16.9. The van der Waals surface area contributed by atoms with Crippen LogP contribution < -0.4 is 4.90 Å². The number of aryl methyl sites for hydroxylation is 1. The average molecular weight is 372 g/mol. The summed E-state index contributed by atoms with van der Waals surface area (Å²) in [7, 11) is -3.42. The molecule has 0 bridgehead atoms. The van der Waals surface area contributed by atoms with E-state index in [0.717, 1.165) is 24.3 Å². The Morgan fingerprint density at radius 3 is 2.15 bits per heavy atom. The van der Waals surface area contributed by atoms with Crippen LogP contribution in [0.25, 0.3) is 0 Å². The van der Waals surface area contributed by atoms with Gasteiger partial charge in [-0.25, -0.2) is 8.42 Å². The molecule has 5 nitrogen and oxygen atoms in total. The summed E-state index contributed by atoms with van der Waals surface area (Å²) in [4.78, 5) is 16.7. The first kappa shape index (κ1) is 18.5. The van der Waals surface area contributed by atoms with Crippen LogP contribution in [-0.2, 0) is 14.6 Å². The van der Waals surface area contributed by atoms with E-state index in [2.05, 4.69) is 17.0 Å². The van der Waals surface area contributed by atoms with Crippen molar-refractivity contribution in [3.8, 4) is 0 Å². The molecule has 2 aromatic carbocycles. The smallest absolute Gasteiger partial charge is 0.223 e. The molecule has 1 aliphatic heterocycles. The summed E-state index contributed by atoms with van der Waals surface area (Å²) in [6.45, 7) is 4.69. The molecule has 0 aromatic heterocycles. The molecule has 0 atom stereocenters. The van der Waals surface area contributed by atoms with Crippen molar-refractivity contribution in [3.63, 3.8) is 0 Å². The molecule has 3 rings (SSSR count). The van der Waals surface area contributed by atoms with Crippen LogP contribution in [0, 0.1) is 6.92 Å². The van der Waals surface area contributed by atoms with Gasteiger partial charge in [0.05, 0.1) is 10.6 Å². The van der Waals surface area contributed by atoms with Crippen molar-refractivity contribution in [1.82, 2.24) is 4.90 Å². The zero-order valence-corrected chi connectivity index (χ0v) is 15.8. The first-order valence-electron chi connectivity index (χ1n) is 8.83. The summed E-state index contributed by atoms with van der Waals surface area (Å²) >= 11 is 0. The fourth-order valence-corrected chi connectivity index (χ4v) is 4.33. The standard InChI is InChI=1S/C20H24N2O3S/c1-17-7-9-19(10-8-17)26(24,25)16-11-20(23)22-14-12-21(13-15-22)18-5-3-2-4-6-18/h2-10H,11-16H2,1H3. The Bertz CT molecular complexity index is 840. The number of rotatable bonds is 5. The van der Waals surface area contributed by atoms with Crippen LogP contribution >= 0.6 is 0 Å². The number of carbonyl (C=O) groups is 1. The predicted molar refractivity (Wildman–Crippen MR) is 103 cm³/mol. The van der Waals surface area contributed by atoms with Gasteiger partial charge in [-0.05, 0) is 31.2 Å². The summed E-state index contributed by atoms with van der Waals surface area (Å²) in [5.74, 6) is -0.234. The molecule has 138 valence electrons. The number of carbonyl (C=O) groups excluding carboxylic acids is 1. The summed E-state index contributed by atoms with van der Waals surface area (Å²) < 4.78 is 24.8. The molecule has 0 aliphatic carbocycles. The minimum absolute atomic E-state index is 0.0293. The second-order valence-electron chi connectivity index (χ2n) is 6.59. The van der Waals surface area contributed by atoms with E-state index < -0.39 is 9.84 Å². The van der Waals surface area contributed by atoms with E-state index in [1.165, 1.54) is 0 Å². The number of anilines is 1. The molecule has 1 aliphatic rings. The molecule has 0 radical (unpaired) electrons. The maximum Gasteiger partial charge on any atom is 0.223 e. The van der Waals surface area contributed by atoms with Gasteiger partial charge in [-0.2, -0.15) is 0 Å². The van der Waals surface area contributed by atoms with E-state index >= 15 is 0 Å². The molecule has 0 N–H and O–H groups in total. The van der Waals surface area contributed by atoms with Gasteiger partial charge in [0.25, 0.3) is 0 Å². The first-order valence-corrected chi connectivity index (χ1v) is 10.5. The molecule has 1 heterocycles. The van der Waals surface area contributed by atoms with Crippen molar-refractivity contribution >= 4 is 21.4 Å². The third kappa shape index (κ3) is 4.43. The minimum atomic E-state index is -3.42. The Kier molecular flexibility index (Phi) is 5.61. The largest absolute Gasteiger partial charge is 0.368 e. The fraction of sp³-hybridized carbons (Fsp3) is 0.350. The van der Waals surface area contributed by atoms with Crippen LogP contribution in [0.5, 0.6) is 0 Å². The second kappa shape index (κ2) is 7.91. The Balaban J connectivity index is 1.52. The Morgan fingerprint density at radius 2 is 1.54 bits per heavy atom. The lowest BCUT2D eigenvalue weighted by molar-refractivity contribution is -0.131. The summed E-state index contributed by atoms with van der Waals surface area (Å²) in [5, 5.41) is 0. The van der Waals surface area contributed by atoms with Gasteiger partial charge in [0.2, 0.25) is 5.91 Å². The van der Waals surface area contributed by atoms with Crippen molar-refractivity contribution in [2.24, 2.45) is 0 Å². The van der Waals surface area contributed by atoms with Gasteiger partial charge in [-0.3, -0.25) is 4.79 Å². The summed E-state index contributed by atoms with van der Waals surface area (Å²) in [5.41, 5.74) is 2.16. The van der Waals surface area contributed by atoms with Gasteiger partial charge in [0, 0.05) is 38.3 Å². The molecule has 1 saturated heterocycles. The van der Waals surface area contributed by atoms with Crippen molar-refractivity contribution in [1.29, 1.82) is 0 Å². The fourth-order valence-electron chi connectivity index (χ4n) is 3.10. The molecule has 0 spiro atoms. The van der Waals surface area contributed by atoms with Gasteiger partial charge in [-0.1, -0.05) is 35.9 Å². The Morgan fingerprint density at radius 1 is 0.923 bits per heavy atom. The van der Waals surface area contributed by atoms with E-state index in [0.29, 0.717) is 13.1 Å². The van der Waals surface area contributed by atoms with Crippen LogP contribution in [0.2, 0.25) is 0 Å². The van der Waals surface area contributed by atoms with Gasteiger partial charge in [0.1, 0.15) is 0 Å². The van der Waals surface area contributed by atoms with Crippen LogP contribution in [0.4, 0.5) is 5.69 Å². The van der Waals surface area contributed by atoms with E-state index in [1.54, 1.807) is 29.2 Å². The lowest BCUT2D eigenvalue weighted by atomic mass is 10.2. The molecule has 6 heteroatoms. The number of nitrogens with zero attached hydrogens (tertiary/aromatic N) is 2. The van der Waals surface area contributed by atoms with E-state index in [4.69, 9.17) is 0 Å². The number of para-hydroxylation sites is 1. The molecule has 0 unspecified atom stereocenters. The number of hydrogen-bond acceptors (Lipinski definition) is 4. The molecule has 2 aromatic rings. The van der Waals surface area contributed by atoms with Gasteiger partial charge >= 0.3 is 0 Å². The van der Waals surface area contributed by atoms with Crippen molar-refractivity contribution < 1.29 is 13.2 Å². The predicted octanol–water partition coefficient (Wildman–Crippen LogP) is 2.51. The molecular formula is C20H24N2O3S. The molecule has 1 fully saturated rings. The number of benzene rings is 2. The zero-order valence-electron chi connectivity index (χ0n) is 15.0. The van der Waals surface area contributed by atoms with Crippen LogP contribution in [-0.4, -0.2) is 51.2 Å². The quantitative estimate of drug-likeness (QED) is 0.809. The lowest BCUT2D eigenvalue weighted by Gasteiger charge is -2.36. The highest BCUT2D eigenvalue weighted by Crippen LogP contribution is 2.17. The van der Waals surface area contributed by atoms with Crippen LogP contribution in [0.1, 0.15) is 12.0 Å². The maximum absolute atomic E-state index is 12.4. The third-order valence-electron chi connectivity index (χ3n) is 4.72. The Hall–Kier alpha value is -2.34. The maximum atomic E-state index is 12.4. The monoisotopic (exact) mass is 372 g/mol. The average Bonchev–Trinajstić information content (AvgIpc) is 2.67. The summed E-state index contributed by atoms with van der Waals surface area (Å²) in [6.07, 6.45) is 0.0293. The minimum Gasteiger partial charge on any atom is -0.368 e. The molecule has 26 heavy (non-hydrogen) atoms. The first-order chi connectivity index (χ1) is 12.5. The number of hydrogen-bond donors (Lipinski definition) is 0. The molecule has 1 amide bonds. The molecular weight excluding hydrogens is 348 g/mol. The SMILES string of the molecule is Cc1ccc(S(=O)(=O)CCC(=O)N2CCN(c3ccccc3)CC2)cc1. The molecule has 0 saturated carbocycles. The highest BCUT2D eigenvalue weighted by Gasteiger charge is 2.23. The van der Waals surface area contributed by atoms with E-state index in [1.807, 2.05) is 25.1 Å². The van der Waals surface area contributed by atoms with Crippen molar-refractivity contribution in [3.05, 3.63) is 60.2 Å². The van der Waals surface area contributed by atoms with Crippen LogP contribution in [0.3, 0.4) is 0 Å². The van der Waals surface area contributed by atoms with Gasteiger partial charge < -0.3 is 9.80 Å². The van der Waals surface area contributed by atoms with Crippen molar-refractivity contribution in [2.45, 2.75) is 18.2 Å².